The minimum Gasteiger partial charge on any atom is -0.382 e. The Kier molecular flexibility index (Phi) is 7.69. The highest BCUT2D eigenvalue weighted by molar-refractivity contribution is 5.77. The number of hydrogen-bond acceptors (Lipinski definition) is 4. The van der Waals surface area contributed by atoms with Gasteiger partial charge in [-0.15, -0.1) is 0 Å². The van der Waals surface area contributed by atoms with Gasteiger partial charge < -0.3 is 25.4 Å². The lowest BCUT2D eigenvalue weighted by Crippen LogP contribution is -2.36. The lowest BCUT2D eigenvalue weighted by atomic mass is 10.1. The van der Waals surface area contributed by atoms with Gasteiger partial charge in [0.1, 0.15) is 0 Å². The molecule has 2 rings (SSSR count). The molecule has 0 spiro atoms. The Morgan fingerprint density at radius 1 is 1.35 bits per heavy atom. The quantitative estimate of drug-likeness (QED) is 0.430. The first-order chi connectivity index (χ1) is 11.3. The molecule has 0 amide bonds. The smallest absolute Gasteiger partial charge is 0.188 e. The van der Waals surface area contributed by atoms with Crippen molar-refractivity contribution in [3.05, 3.63) is 29.8 Å². The first kappa shape index (κ1) is 17.6. The fourth-order valence-corrected chi connectivity index (χ4v) is 2.52. The molecule has 1 saturated heterocycles. The number of morpholine rings is 1. The van der Waals surface area contributed by atoms with Gasteiger partial charge in [-0.2, -0.15) is 0 Å². The van der Waals surface area contributed by atoms with E-state index in [4.69, 9.17) is 15.2 Å². The van der Waals surface area contributed by atoms with Gasteiger partial charge in [0.25, 0.3) is 0 Å². The maximum Gasteiger partial charge on any atom is 0.188 e. The van der Waals surface area contributed by atoms with E-state index in [0.717, 1.165) is 52.5 Å². The maximum atomic E-state index is 5.93. The predicted molar refractivity (Wildman–Crippen MR) is 93.9 cm³/mol. The van der Waals surface area contributed by atoms with Crippen molar-refractivity contribution in [2.24, 2.45) is 10.7 Å². The standard InChI is InChI=1S/C17H28N4O2/c1-2-22-11-5-8-19-17(18)20-14-15-6-3-4-7-16(15)21-9-12-23-13-10-21/h3-4,6-7H,2,5,8-14H2,1H3,(H3,18,19,20). The van der Waals surface area contributed by atoms with Gasteiger partial charge in [0.2, 0.25) is 0 Å². The molecule has 3 N–H and O–H groups in total. The minimum absolute atomic E-state index is 0.485. The molecule has 1 aromatic carbocycles. The van der Waals surface area contributed by atoms with Crippen molar-refractivity contribution in [3.63, 3.8) is 0 Å². The monoisotopic (exact) mass is 320 g/mol. The molecule has 128 valence electrons. The number of nitrogens with one attached hydrogen (secondary N) is 1. The fraction of sp³-hybridized carbons (Fsp3) is 0.588. The number of nitrogens with zero attached hydrogens (tertiary/aromatic N) is 2. The number of aliphatic imine (C=N–C) groups is 1. The Labute approximate surface area is 138 Å². The second kappa shape index (κ2) is 10.1. The van der Waals surface area contributed by atoms with Gasteiger partial charge in [0, 0.05) is 38.5 Å². The zero-order valence-electron chi connectivity index (χ0n) is 14.0. The molecule has 23 heavy (non-hydrogen) atoms. The van der Waals surface area contributed by atoms with Crippen molar-refractivity contribution in [1.29, 1.82) is 0 Å². The average molecular weight is 320 g/mol. The van der Waals surface area contributed by atoms with Gasteiger partial charge in [-0.05, 0) is 25.0 Å². The molecule has 1 fully saturated rings. The van der Waals surface area contributed by atoms with Gasteiger partial charge in [-0.25, -0.2) is 4.99 Å². The van der Waals surface area contributed by atoms with Crippen LogP contribution in [0.1, 0.15) is 18.9 Å². The normalized spacial score (nSPS) is 15.7. The summed E-state index contributed by atoms with van der Waals surface area (Å²) in [6, 6.07) is 8.35. The third-order valence-corrected chi connectivity index (χ3v) is 3.74. The van der Waals surface area contributed by atoms with E-state index < -0.39 is 0 Å². The van der Waals surface area contributed by atoms with Gasteiger partial charge in [0.15, 0.2) is 5.96 Å². The highest BCUT2D eigenvalue weighted by Gasteiger charge is 2.13. The highest BCUT2D eigenvalue weighted by Crippen LogP contribution is 2.22. The summed E-state index contributed by atoms with van der Waals surface area (Å²) < 4.78 is 10.7. The summed E-state index contributed by atoms with van der Waals surface area (Å²) in [4.78, 5) is 6.80. The Hall–Kier alpha value is -1.79. The van der Waals surface area contributed by atoms with Crippen LogP contribution in [-0.2, 0) is 16.0 Å². The van der Waals surface area contributed by atoms with Gasteiger partial charge in [-0.3, -0.25) is 0 Å². The Bertz CT molecular complexity index is 487. The first-order valence-electron chi connectivity index (χ1n) is 8.33. The molecule has 6 nitrogen and oxygen atoms in total. The second-order valence-electron chi connectivity index (χ2n) is 5.41. The molecule has 0 aliphatic carbocycles. The molecule has 1 aliphatic rings. The Morgan fingerprint density at radius 3 is 2.91 bits per heavy atom. The molecule has 0 unspecified atom stereocenters. The number of guanidine groups is 1. The summed E-state index contributed by atoms with van der Waals surface area (Å²) in [5.74, 6) is 0.485. The molecule has 1 aliphatic heterocycles. The number of para-hydroxylation sites is 1. The third-order valence-electron chi connectivity index (χ3n) is 3.74. The van der Waals surface area contributed by atoms with Crippen LogP contribution in [0.5, 0.6) is 0 Å². The van der Waals surface area contributed by atoms with Crippen LogP contribution in [-0.4, -0.2) is 52.0 Å². The molecule has 0 bridgehead atoms. The van der Waals surface area contributed by atoms with Crippen molar-refractivity contribution < 1.29 is 9.47 Å². The molecule has 6 heteroatoms. The number of benzene rings is 1. The SMILES string of the molecule is CCOCCCNC(N)=NCc1ccccc1N1CCOCC1. The second-order valence-corrected chi connectivity index (χ2v) is 5.41. The van der Waals surface area contributed by atoms with Gasteiger partial charge in [0.05, 0.1) is 19.8 Å². The van der Waals surface area contributed by atoms with Crippen LogP contribution in [0.2, 0.25) is 0 Å². The van der Waals surface area contributed by atoms with E-state index in [1.54, 1.807) is 0 Å². The van der Waals surface area contributed by atoms with Crippen LogP contribution in [0.4, 0.5) is 5.69 Å². The molecule has 1 heterocycles. The Morgan fingerprint density at radius 2 is 2.13 bits per heavy atom. The van der Waals surface area contributed by atoms with E-state index >= 15 is 0 Å². The average Bonchev–Trinajstić information content (AvgIpc) is 2.61. The van der Waals surface area contributed by atoms with Crippen molar-refractivity contribution in [3.8, 4) is 0 Å². The van der Waals surface area contributed by atoms with E-state index in [1.807, 2.05) is 13.0 Å². The highest BCUT2D eigenvalue weighted by atomic mass is 16.5. The number of hydrogen-bond donors (Lipinski definition) is 2. The number of anilines is 1. The summed E-state index contributed by atoms with van der Waals surface area (Å²) >= 11 is 0. The maximum absolute atomic E-state index is 5.93. The zero-order chi connectivity index (χ0) is 16.3. The number of rotatable bonds is 8. The molecular weight excluding hydrogens is 292 g/mol. The molecule has 1 aromatic rings. The van der Waals surface area contributed by atoms with Crippen LogP contribution < -0.4 is 16.0 Å². The molecule has 0 aromatic heterocycles. The van der Waals surface area contributed by atoms with E-state index in [9.17, 15) is 0 Å². The van der Waals surface area contributed by atoms with E-state index in [-0.39, 0.29) is 0 Å². The van der Waals surface area contributed by atoms with Crippen molar-refractivity contribution >= 4 is 11.6 Å². The van der Waals surface area contributed by atoms with Crippen molar-refractivity contribution in [2.75, 3.05) is 51.0 Å². The zero-order valence-corrected chi connectivity index (χ0v) is 14.0. The topological polar surface area (TPSA) is 72.1 Å². The molecular formula is C17H28N4O2. The lowest BCUT2D eigenvalue weighted by molar-refractivity contribution is 0.122. The lowest BCUT2D eigenvalue weighted by Gasteiger charge is -2.30. The summed E-state index contributed by atoms with van der Waals surface area (Å²) in [5.41, 5.74) is 8.34. The van der Waals surface area contributed by atoms with Crippen LogP contribution in [0.15, 0.2) is 29.3 Å². The van der Waals surface area contributed by atoms with Crippen molar-refractivity contribution in [1.82, 2.24) is 5.32 Å². The van der Waals surface area contributed by atoms with E-state index in [0.29, 0.717) is 12.5 Å². The summed E-state index contributed by atoms with van der Waals surface area (Å²) in [5, 5.41) is 3.12. The summed E-state index contributed by atoms with van der Waals surface area (Å²) in [6.07, 6.45) is 0.925. The Balaban J connectivity index is 1.85. The van der Waals surface area contributed by atoms with E-state index in [2.05, 4.69) is 33.4 Å². The number of ether oxygens (including phenoxy) is 2. The molecule has 0 atom stereocenters. The van der Waals surface area contributed by atoms with Crippen LogP contribution >= 0.6 is 0 Å². The van der Waals surface area contributed by atoms with Crippen molar-refractivity contribution in [2.45, 2.75) is 19.9 Å². The van der Waals surface area contributed by atoms with Crippen LogP contribution in [0.25, 0.3) is 0 Å². The predicted octanol–water partition coefficient (Wildman–Crippen LogP) is 1.35. The van der Waals surface area contributed by atoms with Crippen LogP contribution in [0, 0.1) is 0 Å². The largest absolute Gasteiger partial charge is 0.382 e. The van der Waals surface area contributed by atoms with Gasteiger partial charge >= 0.3 is 0 Å². The first-order valence-corrected chi connectivity index (χ1v) is 8.33. The molecule has 0 saturated carbocycles. The third kappa shape index (κ3) is 6.08. The van der Waals surface area contributed by atoms with E-state index in [1.165, 1.54) is 11.3 Å². The summed E-state index contributed by atoms with van der Waals surface area (Å²) in [6.45, 7) is 8.26. The number of nitrogens with two attached hydrogens (primary N) is 1. The van der Waals surface area contributed by atoms with Gasteiger partial charge in [-0.1, -0.05) is 18.2 Å². The molecule has 0 radical (unpaired) electrons. The summed E-state index contributed by atoms with van der Waals surface area (Å²) in [7, 11) is 0. The fourth-order valence-electron chi connectivity index (χ4n) is 2.52. The minimum atomic E-state index is 0.485. The van der Waals surface area contributed by atoms with Crippen LogP contribution in [0.3, 0.4) is 0 Å².